The van der Waals surface area contributed by atoms with Gasteiger partial charge in [0.25, 0.3) is 0 Å². The van der Waals surface area contributed by atoms with Crippen LogP contribution in [0.2, 0.25) is 0 Å². The zero-order chi connectivity index (χ0) is 12.1. The lowest BCUT2D eigenvalue weighted by atomic mass is 10.3. The van der Waals surface area contributed by atoms with Crippen LogP contribution in [0.5, 0.6) is 0 Å². The van der Waals surface area contributed by atoms with Gasteiger partial charge in [0.1, 0.15) is 0 Å². The highest BCUT2D eigenvalue weighted by Crippen LogP contribution is 2.05. The van der Waals surface area contributed by atoms with E-state index in [4.69, 9.17) is 0 Å². The number of nitrogens with one attached hydrogen (secondary N) is 1. The molecule has 1 heterocycles. The van der Waals surface area contributed by atoms with Crippen LogP contribution in [0.4, 0.5) is 5.69 Å². The van der Waals surface area contributed by atoms with Crippen molar-refractivity contribution in [1.82, 2.24) is 9.78 Å². The highest BCUT2D eigenvalue weighted by atomic mass is 16.1. The Bertz CT molecular complexity index is 529. The molecule has 0 fully saturated rings. The molecule has 0 saturated carbocycles. The monoisotopic (exact) mass is 227 g/mol. The molecule has 0 aliphatic carbocycles. The first kappa shape index (κ1) is 11.1. The maximum atomic E-state index is 11.6. The van der Waals surface area contributed by atoms with E-state index in [-0.39, 0.29) is 5.91 Å². The molecule has 2 rings (SSSR count). The van der Waals surface area contributed by atoms with Crippen molar-refractivity contribution in [1.29, 1.82) is 0 Å². The van der Waals surface area contributed by atoms with E-state index < -0.39 is 0 Å². The van der Waals surface area contributed by atoms with E-state index in [1.807, 2.05) is 43.6 Å². The van der Waals surface area contributed by atoms with E-state index in [0.29, 0.717) is 0 Å². The molecule has 2 aromatic rings. The van der Waals surface area contributed by atoms with Gasteiger partial charge in [0.2, 0.25) is 5.91 Å². The van der Waals surface area contributed by atoms with Gasteiger partial charge in [-0.3, -0.25) is 9.48 Å². The Morgan fingerprint density at radius 3 is 2.76 bits per heavy atom. The summed E-state index contributed by atoms with van der Waals surface area (Å²) in [4.78, 5) is 11.6. The number of hydrogen-bond acceptors (Lipinski definition) is 2. The number of aromatic nitrogens is 2. The van der Waals surface area contributed by atoms with Gasteiger partial charge in [-0.25, -0.2) is 0 Å². The molecule has 17 heavy (non-hydrogen) atoms. The summed E-state index contributed by atoms with van der Waals surface area (Å²) in [6, 6.07) is 9.34. The van der Waals surface area contributed by atoms with E-state index in [2.05, 4.69) is 10.4 Å². The van der Waals surface area contributed by atoms with Crippen molar-refractivity contribution in [3.63, 3.8) is 0 Å². The fraction of sp³-hybridized carbons (Fsp3) is 0.0769. The molecule has 0 aliphatic rings. The van der Waals surface area contributed by atoms with Crippen molar-refractivity contribution in [2.24, 2.45) is 7.05 Å². The first-order chi connectivity index (χ1) is 8.24. The Balaban J connectivity index is 1.96. The van der Waals surface area contributed by atoms with Crippen molar-refractivity contribution in [3.05, 3.63) is 54.4 Å². The number of carbonyl (C=O) groups excluding carboxylic acids is 1. The van der Waals surface area contributed by atoms with Crippen molar-refractivity contribution in [2.45, 2.75) is 0 Å². The van der Waals surface area contributed by atoms with Crippen molar-refractivity contribution in [3.8, 4) is 0 Å². The standard InChI is InChI=1S/C13H13N3O/c1-16-10-11(9-14-16)7-8-13(17)15-12-5-3-2-4-6-12/h2-10H,1H3,(H,15,17)/b8-7+. The number of para-hydroxylation sites is 1. The van der Waals surface area contributed by atoms with Crippen LogP contribution in [-0.2, 0) is 11.8 Å². The molecule has 0 atom stereocenters. The van der Waals surface area contributed by atoms with Gasteiger partial charge in [-0.2, -0.15) is 5.10 Å². The minimum atomic E-state index is -0.153. The van der Waals surface area contributed by atoms with Gasteiger partial charge in [0, 0.05) is 30.6 Å². The third kappa shape index (κ3) is 3.31. The fourth-order valence-electron chi connectivity index (χ4n) is 1.40. The third-order valence-electron chi connectivity index (χ3n) is 2.19. The molecule has 0 unspecified atom stereocenters. The summed E-state index contributed by atoms with van der Waals surface area (Å²) >= 11 is 0. The number of carbonyl (C=O) groups is 1. The van der Waals surface area contributed by atoms with Gasteiger partial charge in [-0.05, 0) is 18.2 Å². The maximum absolute atomic E-state index is 11.6. The Hall–Kier alpha value is -2.36. The smallest absolute Gasteiger partial charge is 0.248 e. The van der Waals surface area contributed by atoms with Crippen LogP contribution in [0.1, 0.15) is 5.56 Å². The van der Waals surface area contributed by atoms with Crippen LogP contribution in [-0.4, -0.2) is 15.7 Å². The molecule has 4 nitrogen and oxygen atoms in total. The van der Waals surface area contributed by atoms with E-state index in [0.717, 1.165) is 11.3 Å². The van der Waals surface area contributed by atoms with Crippen LogP contribution in [0, 0.1) is 0 Å². The summed E-state index contributed by atoms with van der Waals surface area (Å²) in [5.41, 5.74) is 1.68. The molecular formula is C13H13N3O. The third-order valence-corrected chi connectivity index (χ3v) is 2.19. The lowest BCUT2D eigenvalue weighted by Gasteiger charge is -1.99. The predicted molar refractivity (Wildman–Crippen MR) is 67.3 cm³/mol. The maximum Gasteiger partial charge on any atom is 0.248 e. The van der Waals surface area contributed by atoms with Crippen LogP contribution < -0.4 is 5.32 Å². The number of nitrogens with zero attached hydrogens (tertiary/aromatic N) is 2. The Morgan fingerprint density at radius 1 is 1.35 bits per heavy atom. The fourth-order valence-corrected chi connectivity index (χ4v) is 1.40. The minimum absolute atomic E-state index is 0.153. The first-order valence-corrected chi connectivity index (χ1v) is 5.27. The molecule has 1 aromatic carbocycles. The second kappa shape index (κ2) is 5.12. The van der Waals surface area contributed by atoms with Gasteiger partial charge in [-0.15, -0.1) is 0 Å². The van der Waals surface area contributed by atoms with Crippen molar-refractivity contribution >= 4 is 17.7 Å². The lowest BCUT2D eigenvalue weighted by molar-refractivity contribution is -0.111. The lowest BCUT2D eigenvalue weighted by Crippen LogP contribution is -2.07. The Morgan fingerprint density at radius 2 is 2.12 bits per heavy atom. The average Bonchev–Trinajstić information content (AvgIpc) is 2.74. The minimum Gasteiger partial charge on any atom is -0.323 e. The van der Waals surface area contributed by atoms with Gasteiger partial charge >= 0.3 is 0 Å². The van der Waals surface area contributed by atoms with Crippen LogP contribution >= 0.6 is 0 Å². The number of amides is 1. The zero-order valence-electron chi connectivity index (χ0n) is 9.50. The molecule has 0 bridgehead atoms. The topological polar surface area (TPSA) is 46.9 Å². The summed E-state index contributed by atoms with van der Waals surface area (Å²) in [6.07, 6.45) is 6.76. The quantitative estimate of drug-likeness (QED) is 0.816. The highest BCUT2D eigenvalue weighted by Gasteiger charge is 1.97. The van der Waals surface area contributed by atoms with Crippen LogP contribution in [0.15, 0.2) is 48.8 Å². The molecule has 0 saturated heterocycles. The number of rotatable bonds is 3. The van der Waals surface area contributed by atoms with Gasteiger partial charge in [-0.1, -0.05) is 18.2 Å². The first-order valence-electron chi connectivity index (χ1n) is 5.27. The second-order valence-electron chi connectivity index (χ2n) is 3.64. The summed E-state index contributed by atoms with van der Waals surface area (Å²) in [5, 5.41) is 6.78. The Labute approximate surface area is 99.6 Å². The molecular weight excluding hydrogens is 214 g/mol. The highest BCUT2D eigenvalue weighted by molar-refractivity contribution is 6.01. The Kier molecular flexibility index (Phi) is 3.35. The van der Waals surface area contributed by atoms with E-state index >= 15 is 0 Å². The van der Waals surface area contributed by atoms with Crippen LogP contribution in [0.3, 0.4) is 0 Å². The summed E-state index contributed by atoms with van der Waals surface area (Å²) in [7, 11) is 1.83. The number of benzene rings is 1. The number of hydrogen-bond donors (Lipinski definition) is 1. The summed E-state index contributed by atoms with van der Waals surface area (Å²) < 4.78 is 1.69. The van der Waals surface area contributed by atoms with E-state index in [1.54, 1.807) is 17.0 Å². The predicted octanol–water partition coefficient (Wildman–Crippen LogP) is 2.07. The van der Waals surface area contributed by atoms with Crippen LogP contribution in [0.25, 0.3) is 6.08 Å². The molecule has 1 N–H and O–H groups in total. The number of anilines is 1. The average molecular weight is 227 g/mol. The zero-order valence-corrected chi connectivity index (χ0v) is 9.50. The molecule has 1 aromatic heterocycles. The second-order valence-corrected chi connectivity index (χ2v) is 3.64. The van der Waals surface area contributed by atoms with E-state index in [9.17, 15) is 4.79 Å². The van der Waals surface area contributed by atoms with Gasteiger partial charge in [0.15, 0.2) is 0 Å². The molecule has 0 aliphatic heterocycles. The largest absolute Gasteiger partial charge is 0.323 e. The number of aryl methyl sites for hydroxylation is 1. The molecule has 4 heteroatoms. The molecule has 1 amide bonds. The van der Waals surface area contributed by atoms with Gasteiger partial charge in [0.05, 0.1) is 6.20 Å². The summed E-state index contributed by atoms with van der Waals surface area (Å²) in [5.74, 6) is -0.153. The molecule has 86 valence electrons. The van der Waals surface area contributed by atoms with E-state index in [1.165, 1.54) is 6.08 Å². The summed E-state index contributed by atoms with van der Waals surface area (Å²) in [6.45, 7) is 0. The molecule has 0 spiro atoms. The molecule has 0 radical (unpaired) electrons. The van der Waals surface area contributed by atoms with Crippen molar-refractivity contribution < 1.29 is 4.79 Å². The SMILES string of the molecule is Cn1cc(/C=C/C(=O)Nc2ccccc2)cn1. The van der Waals surface area contributed by atoms with Crippen molar-refractivity contribution in [2.75, 3.05) is 5.32 Å². The normalized spacial score (nSPS) is 10.6. The van der Waals surface area contributed by atoms with Gasteiger partial charge < -0.3 is 5.32 Å².